The number of benzene rings is 1. The molecule has 0 radical (unpaired) electrons. The Hall–Kier alpha value is -2.70. The SMILES string of the molecule is CC[S+](=O)([O-])NC1CN(c2c(F)ccc3c2C(=O)N(C2CCC(=O)NC2=O)C3=O)C1. The first-order chi connectivity index (χ1) is 14.1. The highest BCUT2D eigenvalue weighted by molar-refractivity contribution is 7.95. The van der Waals surface area contributed by atoms with Crippen LogP contribution in [-0.4, -0.2) is 64.0 Å². The van der Waals surface area contributed by atoms with Crippen LogP contribution in [0.3, 0.4) is 0 Å². The number of sulfonamides is 1. The van der Waals surface area contributed by atoms with E-state index in [0.717, 1.165) is 11.0 Å². The van der Waals surface area contributed by atoms with Gasteiger partial charge in [-0.2, -0.15) is 0 Å². The Balaban J connectivity index is 1.61. The van der Waals surface area contributed by atoms with Crippen molar-refractivity contribution in [1.82, 2.24) is 14.9 Å². The maximum atomic E-state index is 14.7. The Labute approximate surface area is 172 Å². The van der Waals surface area contributed by atoms with Crippen molar-refractivity contribution in [2.24, 2.45) is 0 Å². The lowest BCUT2D eigenvalue weighted by Gasteiger charge is -2.41. The number of piperidine rings is 1. The monoisotopic (exact) mass is 438 g/mol. The Morgan fingerprint density at radius 2 is 1.93 bits per heavy atom. The number of anilines is 1. The number of rotatable bonds is 5. The Bertz CT molecular complexity index is 1020. The van der Waals surface area contributed by atoms with Gasteiger partial charge < -0.3 is 9.45 Å². The van der Waals surface area contributed by atoms with E-state index in [2.05, 4.69) is 10.0 Å². The number of carbonyl (C=O) groups is 4. The molecule has 0 aliphatic carbocycles. The zero-order valence-electron chi connectivity index (χ0n) is 16.0. The summed E-state index contributed by atoms with van der Waals surface area (Å²) in [7, 11) is -3.43. The largest absolute Gasteiger partial charge is 0.598 e. The normalized spacial score (nSPS) is 23.9. The van der Waals surface area contributed by atoms with E-state index in [1.165, 1.54) is 17.9 Å². The second-order valence-electron chi connectivity index (χ2n) is 7.39. The molecule has 12 heteroatoms. The molecule has 3 aliphatic heterocycles. The van der Waals surface area contributed by atoms with E-state index in [1.54, 1.807) is 0 Å². The van der Waals surface area contributed by atoms with Crippen LogP contribution in [0, 0.1) is 5.82 Å². The van der Waals surface area contributed by atoms with E-state index in [9.17, 15) is 32.3 Å². The topological polar surface area (TPSA) is 139 Å². The molecular weight excluding hydrogens is 419 g/mol. The van der Waals surface area contributed by atoms with Crippen molar-refractivity contribution in [2.75, 3.05) is 23.7 Å². The van der Waals surface area contributed by atoms with Gasteiger partial charge in [-0.05, 0) is 25.5 Å². The third-order valence-electron chi connectivity index (χ3n) is 5.46. The van der Waals surface area contributed by atoms with E-state index >= 15 is 0 Å². The van der Waals surface area contributed by atoms with Crippen molar-refractivity contribution in [2.45, 2.75) is 31.8 Å². The summed E-state index contributed by atoms with van der Waals surface area (Å²) in [6, 6.07) is 0.670. The standard InChI is InChI=1S/C18H19FN4O6S/c1-2-30(28,29)21-9-7-22(8-9)15-11(19)4-3-10-14(15)18(27)23(17(10)26)12-5-6-13(24)20-16(12)25/h3-4,9,12H,2,5-8H2,1H3,(H2-,20,21,24,25,28,29). The maximum absolute atomic E-state index is 14.7. The molecule has 160 valence electrons. The van der Waals surface area contributed by atoms with Gasteiger partial charge in [0.1, 0.15) is 28.0 Å². The molecule has 0 saturated carbocycles. The van der Waals surface area contributed by atoms with Crippen LogP contribution in [0.1, 0.15) is 40.5 Å². The summed E-state index contributed by atoms with van der Waals surface area (Å²) >= 11 is 0. The van der Waals surface area contributed by atoms with E-state index < -0.39 is 51.9 Å². The van der Waals surface area contributed by atoms with E-state index in [0.29, 0.717) is 0 Å². The van der Waals surface area contributed by atoms with Crippen LogP contribution in [0.15, 0.2) is 12.1 Å². The molecule has 0 spiro atoms. The van der Waals surface area contributed by atoms with Crippen LogP contribution in [0.25, 0.3) is 0 Å². The Morgan fingerprint density at radius 1 is 1.23 bits per heavy atom. The van der Waals surface area contributed by atoms with Gasteiger partial charge in [0.05, 0.1) is 22.9 Å². The van der Waals surface area contributed by atoms with Crippen molar-refractivity contribution in [3.8, 4) is 0 Å². The molecular formula is C18H19FN4O6S. The van der Waals surface area contributed by atoms with Crippen molar-refractivity contribution < 1.29 is 32.3 Å². The average molecular weight is 438 g/mol. The lowest BCUT2D eigenvalue weighted by molar-refractivity contribution is -0.136. The molecule has 1 aromatic carbocycles. The maximum Gasteiger partial charge on any atom is 0.264 e. The smallest absolute Gasteiger partial charge is 0.264 e. The van der Waals surface area contributed by atoms with Gasteiger partial charge in [0, 0.05) is 19.5 Å². The van der Waals surface area contributed by atoms with E-state index in [-0.39, 0.29) is 48.5 Å². The molecule has 2 atom stereocenters. The molecule has 30 heavy (non-hydrogen) atoms. The summed E-state index contributed by atoms with van der Waals surface area (Å²) in [5, 5.41) is 2.10. The fourth-order valence-corrected chi connectivity index (χ4v) is 4.72. The number of nitrogens with one attached hydrogen (secondary N) is 2. The number of imide groups is 2. The van der Waals surface area contributed by atoms with E-state index in [1.807, 2.05) is 0 Å². The van der Waals surface area contributed by atoms with E-state index in [4.69, 9.17) is 0 Å². The minimum atomic E-state index is -3.43. The van der Waals surface area contributed by atoms with Crippen LogP contribution in [0.5, 0.6) is 0 Å². The predicted octanol–water partition coefficient (Wildman–Crippen LogP) is -0.430. The highest BCUT2D eigenvalue weighted by Gasteiger charge is 2.48. The van der Waals surface area contributed by atoms with Crippen LogP contribution in [0.4, 0.5) is 10.1 Å². The first-order valence-corrected chi connectivity index (χ1v) is 11.1. The summed E-state index contributed by atoms with van der Waals surface area (Å²) in [4.78, 5) is 51.7. The van der Waals surface area contributed by atoms with Gasteiger partial charge in [-0.3, -0.25) is 29.4 Å². The van der Waals surface area contributed by atoms with Crippen molar-refractivity contribution in [3.63, 3.8) is 0 Å². The molecule has 4 rings (SSSR count). The van der Waals surface area contributed by atoms with Gasteiger partial charge in [-0.25, -0.2) is 4.39 Å². The summed E-state index contributed by atoms with van der Waals surface area (Å²) in [5.41, 5.74) is -0.271. The first kappa shape index (κ1) is 20.6. The highest BCUT2D eigenvalue weighted by atomic mass is 32.3. The van der Waals surface area contributed by atoms with Gasteiger partial charge >= 0.3 is 0 Å². The molecule has 2 fully saturated rings. The molecule has 3 aliphatic rings. The second-order valence-corrected chi connectivity index (χ2v) is 9.43. The molecule has 3 heterocycles. The average Bonchev–Trinajstić information content (AvgIpc) is 2.90. The molecule has 10 nitrogen and oxygen atoms in total. The lowest BCUT2D eigenvalue weighted by atomic mass is 10.0. The van der Waals surface area contributed by atoms with Gasteiger partial charge in [0.25, 0.3) is 11.8 Å². The Morgan fingerprint density at radius 3 is 2.57 bits per heavy atom. The fourth-order valence-electron chi connectivity index (χ4n) is 3.90. The fraction of sp³-hybridized carbons (Fsp3) is 0.444. The molecule has 4 amide bonds. The minimum absolute atomic E-state index is 0.00145. The van der Waals surface area contributed by atoms with Gasteiger partial charge in [-0.1, -0.05) is 4.21 Å². The number of halogens is 1. The molecule has 1 aromatic rings. The second kappa shape index (κ2) is 7.22. The summed E-state index contributed by atoms with van der Waals surface area (Å²) in [6.45, 7) is 1.76. The number of hydrogen-bond acceptors (Lipinski definition) is 7. The molecule has 0 aromatic heterocycles. The van der Waals surface area contributed by atoms with Crippen LogP contribution >= 0.6 is 0 Å². The van der Waals surface area contributed by atoms with Gasteiger partial charge in [0.15, 0.2) is 0 Å². The van der Waals surface area contributed by atoms with Crippen molar-refractivity contribution in [1.29, 1.82) is 0 Å². The number of amides is 4. The van der Waals surface area contributed by atoms with Gasteiger partial charge in [0.2, 0.25) is 11.8 Å². The summed E-state index contributed by atoms with van der Waals surface area (Å²) in [6.07, 6.45) is -0.0189. The van der Waals surface area contributed by atoms with Crippen molar-refractivity contribution in [3.05, 3.63) is 29.1 Å². The molecule has 2 saturated heterocycles. The highest BCUT2D eigenvalue weighted by Crippen LogP contribution is 2.37. The summed E-state index contributed by atoms with van der Waals surface area (Å²) in [5.74, 6) is -3.59. The zero-order chi connectivity index (χ0) is 21.8. The number of fused-ring (bicyclic) bond motifs is 1. The molecule has 2 unspecified atom stereocenters. The quantitative estimate of drug-likeness (QED) is 0.470. The number of nitrogens with zero attached hydrogens (tertiary/aromatic N) is 2. The van der Waals surface area contributed by atoms with Crippen molar-refractivity contribution >= 4 is 39.7 Å². The third-order valence-corrected chi connectivity index (χ3v) is 6.91. The first-order valence-electron chi connectivity index (χ1n) is 9.42. The predicted molar refractivity (Wildman–Crippen MR) is 102 cm³/mol. The Kier molecular flexibility index (Phi) is 4.95. The molecule has 2 N–H and O–H groups in total. The molecule has 0 bridgehead atoms. The number of carbonyl (C=O) groups excluding carboxylic acids is 4. The summed E-state index contributed by atoms with van der Waals surface area (Å²) < 4.78 is 40.5. The van der Waals surface area contributed by atoms with Crippen LogP contribution in [0.2, 0.25) is 0 Å². The lowest BCUT2D eigenvalue weighted by Crippen LogP contribution is -2.61. The van der Waals surface area contributed by atoms with Crippen LogP contribution in [-0.2, 0) is 24.2 Å². The van der Waals surface area contributed by atoms with Gasteiger partial charge in [-0.15, -0.1) is 4.72 Å². The minimum Gasteiger partial charge on any atom is -0.598 e. The number of hydrogen-bond donors (Lipinski definition) is 2. The third kappa shape index (κ3) is 3.30. The zero-order valence-corrected chi connectivity index (χ0v) is 16.8. The van der Waals surface area contributed by atoms with Crippen LogP contribution < -0.4 is 14.9 Å².